The Morgan fingerprint density at radius 3 is 2.27 bits per heavy atom. The fraction of sp³-hybridized carbons (Fsp3) is 0.650. The molecule has 0 N–H and O–H groups in total. The lowest BCUT2D eigenvalue weighted by molar-refractivity contribution is -0.393. The Morgan fingerprint density at radius 2 is 1.67 bits per heavy atom. The molecule has 1 aliphatic carbocycles. The first-order chi connectivity index (χ1) is 14.3. The fourth-order valence-electron chi connectivity index (χ4n) is 4.63. The third-order valence-corrected chi connectivity index (χ3v) is 6.25. The second-order valence-electron chi connectivity index (χ2n) is 7.97. The lowest BCUT2D eigenvalue weighted by atomic mass is 9.94. The van der Waals surface area contributed by atoms with E-state index in [0.717, 1.165) is 51.0 Å². The number of rotatable bonds is 6. The van der Waals surface area contributed by atoms with Crippen molar-refractivity contribution in [3.05, 3.63) is 32.4 Å². The zero-order chi connectivity index (χ0) is 21.8. The van der Waals surface area contributed by atoms with Crippen LogP contribution in [-0.4, -0.2) is 48.6 Å². The zero-order valence-electron chi connectivity index (χ0n) is 17.4. The molecule has 10 heteroatoms. The van der Waals surface area contributed by atoms with Crippen molar-refractivity contribution in [3.63, 3.8) is 0 Å². The summed E-state index contributed by atoms with van der Waals surface area (Å²) < 4.78 is 4.91. The standard InChI is InChI=1S/C20H28N4O6/c1-21(14-8-4-3-5-9-14)16-12-17(19(24(28)29)13-18(16)23(26)27)22-11-7-6-10-15(22)20(25)30-2/h12-15H,3-11H2,1-2H3. The molecule has 164 valence electrons. The van der Waals surface area contributed by atoms with Crippen molar-refractivity contribution in [3.8, 4) is 0 Å². The number of nitro groups is 2. The average molecular weight is 420 g/mol. The van der Waals surface area contributed by atoms with Gasteiger partial charge in [0.15, 0.2) is 0 Å². The largest absolute Gasteiger partial charge is 0.467 e. The maximum Gasteiger partial charge on any atom is 0.328 e. The lowest BCUT2D eigenvalue weighted by Gasteiger charge is -2.36. The third kappa shape index (κ3) is 4.31. The van der Waals surface area contributed by atoms with Crippen LogP contribution >= 0.6 is 0 Å². The van der Waals surface area contributed by atoms with Crippen LogP contribution in [0.5, 0.6) is 0 Å². The number of anilines is 2. The predicted molar refractivity (Wildman–Crippen MR) is 112 cm³/mol. The predicted octanol–water partition coefficient (Wildman–Crippen LogP) is 3.80. The molecule has 1 unspecified atom stereocenters. The highest BCUT2D eigenvalue weighted by Crippen LogP contribution is 2.43. The highest BCUT2D eigenvalue weighted by molar-refractivity contribution is 5.85. The highest BCUT2D eigenvalue weighted by atomic mass is 16.6. The van der Waals surface area contributed by atoms with E-state index in [0.29, 0.717) is 18.7 Å². The number of hydrogen-bond acceptors (Lipinski definition) is 8. The monoisotopic (exact) mass is 420 g/mol. The maximum absolute atomic E-state index is 12.3. The van der Waals surface area contributed by atoms with Crippen LogP contribution in [0.25, 0.3) is 0 Å². The van der Waals surface area contributed by atoms with Crippen molar-refractivity contribution in [1.82, 2.24) is 0 Å². The van der Waals surface area contributed by atoms with Crippen molar-refractivity contribution < 1.29 is 19.4 Å². The SMILES string of the molecule is COC(=O)C1CCCCN1c1cc(N(C)C2CCCCC2)c([N+](=O)[O-])cc1[N+](=O)[O-]. The van der Waals surface area contributed by atoms with Gasteiger partial charge in [-0.05, 0) is 38.2 Å². The van der Waals surface area contributed by atoms with Crippen LogP contribution < -0.4 is 9.80 Å². The molecule has 1 aromatic rings. The summed E-state index contributed by atoms with van der Waals surface area (Å²) >= 11 is 0. The van der Waals surface area contributed by atoms with Gasteiger partial charge in [-0.15, -0.1) is 0 Å². The van der Waals surface area contributed by atoms with Gasteiger partial charge < -0.3 is 14.5 Å². The Morgan fingerprint density at radius 1 is 1.03 bits per heavy atom. The number of benzene rings is 1. The highest BCUT2D eigenvalue weighted by Gasteiger charge is 2.37. The summed E-state index contributed by atoms with van der Waals surface area (Å²) in [6.45, 7) is 0.449. The van der Waals surface area contributed by atoms with Crippen molar-refractivity contribution in [1.29, 1.82) is 0 Å². The first-order valence-electron chi connectivity index (χ1n) is 10.4. The molecular formula is C20H28N4O6. The summed E-state index contributed by atoms with van der Waals surface area (Å²) in [7, 11) is 3.10. The molecule has 1 aliphatic heterocycles. The molecule has 1 atom stereocenters. The summed E-state index contributed by atoms with van der Waals surface area (Å²) in [5, 5.41) is 23.6. The minimum atomic E-state index is -0.642. The van der Waals surface area contributed by atoms with E-state index in [2.05, 4.69) is 0 Å². The van der Waals surface area contributed by atoms with Gasteiger partial charge in [-0.3, -0.25) is 20.2 Å². The molecule has 0 aromatic heterocycles. The minimum Gasteiger partial charge on any atom is -0.467 e. The molecule has 0 bridgehead atoms. The molecule has 0 amide bonds. The normalized spacial score (nSPS) is 19.9. The van der Waals surface area contributed by atoms with Crippen LogP contribution in [0.4, 0.5) is 22.7 Å². The fourth-order valence-corrected chi connectivity index (χ4v) is 4.63. The van der Waals surface area contributed by atoms with E-state index in [4.69, 9.17) is 4.74 Å². The Labute approximate surface area is 175 Å². The molecule has 2 aliphatic rings. The van der Waals surface area contributed by atoms with Crippen molar-refractivity contribution >= 4 is 28.7 Å². The molecule has 3 rings (SSSR count). The van der Waals surface area contributed by atoms with Crippen molar-refractivity contribution in [2.24, 2.45) is 0 Å². The van der Waals surface area contributed by atoms with E-state index in [1.54, 1.807) is 4.90 Å². The average Bonchev–Trinajstić information content (AvgIpc) is 2.77. The molecule has 0 spiro atoms. The van der Waals surface area contributed by atoms with Gasteiger partial charge in [-0.25, -0.2) is 4.79 Å². The van der Waals surface area contributed by atoms with Gasteiger partial charge in [0, 0.05) is 19.6 Å². The Kier molecular flexibility index (Phi) is 6.73. The number of carbonyl (C=O) groups excluding carboxylic acids is 1. The van der Waals surface area contributed by atoms with Gasteiger partial charge in [-0.1, -0.05) is 19.3 Å². The number of piperidine rings is 1. The summed E-state index contributed by atoms with van der Waals surface area (Å²) in [5.74, 6) is -0.454. The van der Waals surface area contributed by atoms with Crippen LogP contribution in [0.15, 0.2) is 12.1 Å². The number of nitro benzene ring substituents is 2. The van der Waals surface area contributed by atoms with Crippen LogP contribution in [0.2, 0.25) is 0 Å². The summed E-state index contributed by atoms with van der Waals surface area (Å²) in [6.07, 6.45) is 7.21. The first-order valence-corrected chi connectivity index (χ1v) is 10.4. The lowest BCUT2D eigenvalue weighted by Crippen LogP contribution is -2.45. The molecule has 1 saturated heterocycles. The van der Waals surface area contributed by atoms with E-state index in [-0.39, 0.29) is 23.1 Å². The van der Waals surface area contributed by atoms with Gasteiger partial charge in [0.25, 0.3) is 11.4 Å². The summed E-state index contributed by atoms with van der Waals surface area (Å²) in [5.41, 5.74) is -0.0662. The molecule has 10 nitrogen and oxygen atoms in total. The molecule has 1 saturated carbocycles. The van der Waals surface area contributed by atoms with Gasteiger partial charge in [0.2, 0.25) is 0 Å². The van der Waals surface area contributed by atoms with E-state index >= 15 is 0 Å². The summed E-state index contributed by atoms with van der Waals surface area (Å²) in [6, 6.07) is 2.06. The Bertz CT molecular complexity index is 824. The number of esters is 1. The number of nitrogens with zero attached hydrogens (tertiary/aromatic N) is 4. The van der Waals surface area contributed by atoms with Gasteiger partial charge >= 0.3 is 5.97 Å². The van der Waals surface area contributed by atoms with E-state index in [1.165, 1.54) is 13.2 Å². The van der Waals surface area contributed by atoms with Gasteiger partial charge in [0.05, 0.1) is 23.0 Å². The van der Waals surface area contributed by atoms with Gasteiger partial charge in [-0.2, -0.15) is 0 Å². The first kappa shape index (κ1) is 21.8. The summed E-state index contributed by atoms with van der Waals surface area (Å²) in [4.78, 5) is 38.2. The molecule has 1 aromatic carbocycles. The van der Waals surface area contributed by atoms with Crippen LogP contribution in [0, 0.1) is 20.2 Å². The molecular weight excluding hydrogens is 392 g/mol. The van der Waals surface area contributed by atoms with Crippen molar-refractivity contribution in [2.45, 2.75) is 63.5 Å². The zero-order valence-corrected chi connectivity index (χ0v) is 17.4. The minimum absolute atomic E-state index is 0.143. The number of methoxy groups -OCH3 is 1. The topological polar surface area (TPSA) is 119 Å². The maximum atomic E-state index is 12.3. The third-order valence-electron chi connectivity index (χ3n) is 6.25. The molecule has 1 heterocycles. The Hall–Kier alpha value is -2.91. The molecule has 2 fully saturated rings. The molecule has 0 radical (unpaired) electrons. The second-order valence-corrected chi connectivity index (χ2v) is 7.97. The smallest absolute Gasteiger partial charge is 0.328 e. The second kappa shape index (κ2) is 9.27. The quantitative estimate of drug-likeness (QED) is 0.387. The van der Waals surface area contributed by atoms with E-state index in [9.17, 15) is 25.0 Å². The number of hydrogen-bond donors (Lipinski definition) is 0. The number of carbonyl (C=O) groups is 1. The van der Waals surface area contributed by atoms with Crippen LogP contribution in [0.3, 0.4) is 0 Å². The molecule has 30 heavy (non-hydrogen) atoms. The van der Waals surface area contributed by atoms with Crippen LogP contribution in [0.1, 0.15) is 51.4 Å². The van der Waals surface area contributed by atoms with E-state index < -0.39 is 21.9 Å². The Balaban J connectivity index is 2.12. The van der Waals surface area contributed by atoms with Crippen LogP contribution in [-0.2, 0) is 9.53 Å². The van der Waals surface area contributed by atoms with E-state index in [1.807, 2.05) is 11.9 Å². The van der Waals surface area contributed by atoms with Gasteiger partial charge in [0.1, 0.15) is 17.4 Å². The van der Waals surface area contributed by atoms with Crippen molar-refractivity contribution in [2.75, 3.05) is 30.5 Å². The number of ether oxygens (including phenoxy) is 1.